The van der Waals surface area contributed by atoms with E-state index in [1.54, 1.807) is 12.1 Å². The largest absolute Gasteiger partial charge is 0.618 e. The van der Waals surface area contributed by atoms with Gasteiger partial charge in [-0.25, -0.2) is 0 Å². The van der Waals surface area contributed by atoms with Gasteiger partial charge >= 0.3 is 0 Å². The van der Waals surface area contributed by atoms with Crippen LogP contribution in [0.4, 0.5) is 5.69 Å². The maximum atomic E-state index is 12.9. The van der Waals surface area contributed by atoms with Crippen molar-refractivity contribution in [2.24, 2.45) is 0 Å². The lowest BCUT2D eigenvalue weighted by Gasteiger charge is -2.06. The van der Waals surface area contributed by atoms with Gasteiger partial charge in [0.1, 0.15) is 0 Å². The van der Waals surface area contributed by atoms with Crippen molar-refractivity contribution < 1.29 is 4.74 Å². The summed E-state index contributed by atoms with van der Waals surface area (Å²) < 4.78 is 2.89. The van der Waals surface area contributed by atoms with Crippen LogP contribution < -0.4 is 0 Å². The molecule has 0 aliphatic heterocycles. The zero-order valence-corrected chi connectivity index (χ0v) is 17.6. The molecule has 0 aromatic heterocycles. The van der Waals surface area contributed by atoms with Gasteiger partial charge in [0.05, 0.1) is 0 Å². The number of rotatable bonds is 5. The normalized spacial score (nSPS) is 11.2. The highest BCUT2D eigenvalue weighted by atomic mass is 79.9. The van der Waals surface area contributed by atoms with Crippen molar-refractivity contribution in [2.45, 2.75) is 0 Å². The van der Waals surface area contributed by atoms with Gasteiger partial charge in [0.15, 0.2) is 0 Å². The first kappa shape index (κ1) is 19.3. The third-order valence-corrected chi connectivity index (χ3v) is 5.35. The molecule has 0 N–H and O–H groups in total. The van der Waals surface area contributed by atoms with Gasteiger partial charge in [0, 0.05) is 33.2 Å². The first-order chi connectivity index (χ1) is 13.1. The van der Waals surface area contributed by atoms with Crippen LogP contribution in [0.2, 0.25) is 0 Å². The van der Waals surface area contributed by atoms with Crippen molar-refractivity contribution in [3.05, 3.63) is 116 Å². The van der Waals surface area contributed by atoms with Gasteiger partial charge in [-0.1, -0.05) is 86.5 Å². The molecule has 3 rings (SSSR count). The molecule has 3 aromatic carbocycles. The number of allylic oxidation sites excluding steroid dienone is 2. The van der Waals surface area contributed by atoms with Crippen LogP contribution in [0, 0.1) is 5.21 Å². The molecule has 0 saturated carbocycles. The smallest absolute Gasteiger partial charge is 0.217 e. The molecule has 0 saturated heterocycles. The van der Waals surface area contributed by atoms with Gasteiger partial charge < -0.3 is 5.21 Å². The van der Waals surface area contributed by atoms with Gasteiger partial charge in [-0.2, -0.15) is 4.74 Å². The number of nitrogens with zero attached hydrogens (tertiary/aromatic N) is 1. The first-order valence-electron chi connectivity index (χ1n) is 8.39. The van der Waals surface area contributed by atoms with E-state index >= 15 is 0 Å². The first-order valence-corrected chi connectivity index (χ1v) is 9.98. The van der Waals surface area contributed by atoms with Crippen molar-refractivity contribution in [1.29, 1.82) is 0 Å². The lowest BCUT2D eigenvalue weighted by Crippen LogP contribution is -2.06. The average molecular weight is 483 g/mol. The lowest BCUT2D eigenvalue weighted by molar-refractivity contribution is -0.358. The Kier molecular flexibility index (Phi) is 6.80. The van der Waals surface area contributed by atoms with E-state index in [1.807, 2.05) is 91.0 Å². The Bertz CT molecular complexity index is 950. The van der Waals surface area contributed by atoms with E-state index in [2.05, 4.69) is 31.9 Å². The summed E-state index contributed by atoms with van der Waals surface area (Å²) in [5.41, 5.74) is 3.13. The summed E-state index contributed by atoms with van der Waals surface area (Å²) in [7, 11) is 0. The summed E-state index contributed by atoms with van der Waals surface area (Å²) in [5.74, 6) is 0. The maximum absolute atomic E-state index is 12.9. The minimum atomic E-state index is 0.535. The molecular formula is C23H17Br2NO. The second-order valence-corrected chi connectivity index (χ2v) is 7.47. The fourth-order valence-corrected chi connectivity index (χ4v) is 3.31. The minimum Gasteiger partial charge on any atom is -0.618 e. The molecule has 134 valence electrons. The Morgan fingerprint density at radius 3 is 1.59 bits per heavy atom. The summed E-state index contributed by atoms with van der Waals surface area (Å²) in [5, 5.41) is 12.9. The Morgan fingerprint density at radius 2 is 1.11 bits per heavy atom. The molecule has 0 aliphatic carbocycles. The fourth-order valence-electron chi connectivity index (χ4n) is 2.47. The van der Waals surface area contributed by atoms with Gasteiger partial charge in [0.2, 0.25) is 11.4 Å². The Hall–Kier alpha value is -2.43. The molecule has 0 aliphatic rings. The molecule has 0 heterocycles. The highest BCUT2D eigenvalue weighted by Gasteiger charge is 2.07. The molecule has 3 aromatic rings. The van der Waals surface area contributed by atoms with Crippen molar-refractivity contribution >= 4 is 55.4 Å². The molecule has 0 radical (unpaired) electrons. The molecule has 0 amide bonds. The minimum absolute atomic E-state index is 0.535. The summed E-state index contributed by atoms with van der Waals surface area (Å²) in [4.78, 5) is 0. The highest BCUT2D eigenvalue weighted by Crippen LogP contribution is 2.20. The Balaban J connectivity index is 2.02. The van der Waals surface area contributed by atoms with Gasteiger partial charge in [-0.3, -0.25) is 0 Å². The molecule has 0 bridgehead atoms. The second kappa shape index (κ2) is 9.49. The van der Waals surface area contributed by atoms with Crippen molar-refractivity contribution in [2.75, 3.05) is 0 Å². The second-order valence-electron chi connectivity index (χ2n) is 5.76. The standard InChI is InChI=1S/C23H17Br2NO/c24-22-12-6-4-8-18(22)14-16-21(26(27)20-10-2-1-3-11-20)17-15-19-9-5-7-13-23(19)25/h1-17H/b16-14+,17-15+. The third-order valence-electron chi connectivity index (χ3n) is 3.90. The topological polar surface area (TPSA) is 26.1 Å². The molecule has 2 nitrogen and oxygen atoms in total. The van der Waals surface area contributed by atoms with E-state index in [-0.39, 0.29) is 0 Å². The zero-order chi connectivity index (χ0) is 19.1. The van der Waals surface area contributed by atoms with Crippen LogP contribution in [0.1, 0.15) is 11.1 Å². The summed E-state index contributed by atoms with van der Waals surface area (Å²) in [6.07, 6.45) is 7.51. The van der Waals surface area contributed by atoms with Crippen LogP contribution in [0.5, 0.6) is 0 Å². The fraction of sp³-hybridized carbons (Fsp3) is 0. The predicted octanol–water partition coefficient (Wildman–Crippen LogP) is 7.22. The van der Waals surface area contributed by atoms with E-state index in [0.717, 1.165) is 24.8 Å². The number of para-hydroxylation sites is 1. The quantitative estimate of drug-likeness (QED) is 0.163. The number of hydrogen-bond donors (Lipinski definition) is 0. The molecular weight excluding hydrogens is 466 g/mol. The Morgan fingerprint density at radius 1 is 0.667 bits per heavy atom. The third kappa shape index (κ3) is 5.28. The number of halogens is 2. The number of benzene rings is 3. The SMILES string of the molecule is [O-][N+](=C(/C=C/c1ccccc1Br)/C=C/c1ccccc1Br)c1ccccc1. The lowest BCUT2D eigenvalue weighted by atomic mass is 10.1. The summed E-state index contributed by atoms with van der Waals surface area (Å²) >= 11 is 7.07. The highest BCUT2D eigenvalue weighted by molar-refractivity contribution is 9.10. The van der Waals surface area contributed by atoms with Gasteiger partial charge in [0.25, 0.3) is 0 Å². The predicted molar refractivity (Wildman–Crippen MR) is 121 cm³/mol. The van der Waals surface area contributed by atoms with Crippen LogP contribution in [0.25, 0.3) is 12.2 Å². The molecule has 0 atom stereocenters. The van der Waals surface area contributed by atoms with Crippen molar-refractivity contribution in [1.82, 2.24) is 0 Å². The van der Waals surface area contributed by atoms with Crippen LogP contribution in [-0.2, 0) is 0 Å². The van der Waals surface area contributed by atoms with Crippen molar-refractivity contribution in [3.8, 4) is 0 Å². The molecule has 4 heteroatoms. The summed E-state index contributed by atoms with van der Waals surface area (Å²) in [6, 6.07) is 25.0. The molecule has 0 fully saturated rings. The van der Waals surface area contributed by atoms with Gasteiger partial charge in [-0.15, -0.1) is 0 Å². The van der Waals surface area contributed by atoms with E-state index in [9.17, 15) is 5.21 Å². The van der Waals surface area contributed by atoms with E-state index < -0.39 is 0 Å². The molecule has 0 unspecified atom stereocenters. The van der Waals surface area contributed by atoms with E-state index in [0.29, 0.717) is 11.4 Å². The molecule has 27 heavy (non-hydrogen) atoms. The van der Waals surface area contributed by atoms with Crippen molar-refractivity contribution in [3.63, 3.8) is 0 Å². The van der Waals surface area contributed by atoms with E-state index in [4.69, 9.17) is 0 Å². The van der Waals surface area contributed by atoms with Crippen LogP contribution in [-0.4, -0.2) is 10.5 Å². The van der Waals surface area contributed by atoms with Crippen LogP contribution in [0.3, 0.4) is 0 Å². The Labute approximate surface area is 176 Å². The monoisotopic (exact) mass is 481 g/mol. The van der Waals surface area contributed by atoms with Crippen LogP contribution in [0.15, 0.2) is 100.0 Å². The molecule has 0 spiro atoms. The zero-order valence-electron chi connectivity index (χ0n) is 14.4. The van der Waals surface area contributed by atoms with E-state index in [1.165, 1.54) is 0 Å². The summed E-state index contributed by atoms with van der Waals surface area (Å²) in [6.45, 7) is 0. The maximum Gasteiger partial charge on any atom is 0.217 e. The van der Waals surface area contributed by atoms with Gasteiger partial charge in [-0.05, 0) is 35.4 Å². The number of hydrogen-bond acceptors (Lipinski definition) is 1. The van der Waals surface area contributed by atoms with Crippen LogP contribution >= 0.6 is 31.9 Å². The average Bonchev–Trinajstić information content (AvgIpc) is 2.70.